The van der Waals surface area contributed by atoms with E-state index in [1.54, 1.807) is 62.4 Å². The first-order valence-corrected chi connectivity index (χ1v) is 12.5. The lowest BCUT2D eigenvalue weighted by molar-refractivity contribution is -0.144. The molecule has 0 bridgehead atoms. The summed E-state index contributed by atoms with van der Waals surface area (Å²) in [5.41, 5.74) is 3.33. The molecular formula is C25H23ClN2O5S. The Hall–Kier alpha value is -3.36. The maximum absolute atomic E-state index is 12.8. The Bertz CT molecular complexity index is 1370. The van der Waals surface area contributed by atoms with Crippen molar-refractivity contribution < 1.29 is 23.1 Å². The number of carboxylic acids is 1. The van der Waals surface area contributed by atoms with Gasteiger partial charge in [0.25, 0.3) is 15.9 Å². The topological polar surface area (TPSA) is 104 Å². The van der Waals surface area contributed by atoms with Gasteiger partial charge in [0.1, 0.15) is 6.04 Å². The summed E-state index contributed by atoms with van der Waals surface area (Å²) in [5, 5.41) is 9.91. The summed E-state index contributed by atoms with van der Waals surface area (Å²) < 4.78 is 27.7. The van der Waals surface area contributed by atoms with Gasteiger partial charge < -0.3 is 10.0 Å². The lowest BCUT2D eigenvalue weighted by Crippen LogP contribution is -2.44. The molecule has 1 aliphatic heterocycles. The number of carboxylic acid groups (broad SMARTS) is 1. The minimum absolute atomic E-state index is 0.0676. The van der Waals surface area contributed by atoms with Crippen molar-refractivity contribution in [3.05, 3.63) is 82.9 Å². The van der Waals surface area contributed by atoms with Crippen molar-refractivity contribution in [3.8, 4) is 11.1 Å². The number of carbonyl (C=O) groups is 2. The van der Waals surface area contributed by atoms with Crippen LogP contribution in [0.4, 0.5) is 5.69 Å². The maximum Gasteiger partial charge on any atom is 0.326 e. The van der Waals surface area contributed by atoms with E-state index >= 15 is 0 Å². The third-order valence-corrected chi connectivity index (χ3v) is 7.35. The molecule has 9 heteroatoms. The molecule has 1 heterocycles. The van der Waals surface area contributed by atoms with Crippen LogP contribution in [0.3, 0.4) is 0 Å². The molecule has 1 atom stereocenters. The SMILES string of the molecule is CC(C)[C@@H](C(=O)O)N1Cc2cc(-c3ccc(NS(=O)(=O)c4cccc(Cl)c4)cc3)ccc2C1=O. The van der Waals surface area contributed by atoms with E-state index in [9.17, 15) is 23.1 Å². The Morgan fingerprint density at radius 1 is 1.03 bits per heavy atom. The fourth-order valence-corrected chi connectivity index (χ4v) is 5.46. The van der Waals surface area contributed by atoms with Gasteiger partial charge in [-0.1, -0.05) is 49.7 Å². The van der Waals surface area contributed by atoms with Crippen LogP contribution < -0.4 is 4.72 Å². The quantitative estimate of drug-likeness (QED) is 0.483. The van der Waals surface area contributed by atoms with E-state index in [4.69, 9.17) is 11.6 Å². The predicted octanol–water partition coefficient (Wildman–Crippen LogP) is 4.87. The Balaban J connectivity index is 1.55. The van der Waals surface area contributed by atoms with E-state index in [1.165, 1.54) is 17.0 Å². The number of rotatable bonds is 7. The highest BCUT2D eigenvalue weighted by Crippen LogP contribution is 2.32. The largest absolute Gasteiger partial charge is 0.480 e. The number of carbonyl (C=O) groups excluding carboxylic acids is 1. The smallest absolute Gasteiger partial charge is 0.326 e. The van der Waals surface area contributed by atoms with Crippen molar-refractivity contribution in [1.82, 2.24) is 4.90 Å². The molecule has 1 amide bonds. The van der Waals surface area contributed by atoms with Crippen LogP contribution in [0.2, 0.25) is 5.02 Å². The van der Waals surface area contributed by atoms with E-state index in [0.717, 1.165) is 16.7 Å². The Labute approximate surface area is 203 Å². The van der Waals surface area contributed by atoms with Crippen molar-refractivity contribution in [1.29, 1.82) is 0 Å². The zero-order valence-corrected chi connectivity index (χ0v) is 20.1. The Morgan fingerprint density at radius 3 is 2.32 bits per heavy atom. The van der Waals surface area contributed by atoms with E-state index in [-0.39, 0.29) is 23.3 Å². The maximum atomic E-state index is 12.8. The van der Waals surface area contributed by atoms with Crippen molar-refractivity contribution >= 4 is 39.2 Å². The highest BCUT2D eigenvalue weighted by molar-refractivity contribution is 7.92. The van der Waals surface area contributed by atoms with Crippen LogP contribution in [0.1, 0.15) is 29.8 Å². The molecule has 0 unspecified atom stereocenters. The first-order chi connectivity index (χ1) is 16.1. The van der Waals surface area contributed by atoms with Gasteiger partial charge in [-0.15, -0.1) is 0 Å². The van der Waals surface area contributed by atoms with Crippen molar-refractivity contribution in [2.24, 2.45) is 5.92 Å². The monoisotopic (exact) mass is 498 g/mol. The van der Waals surface area contributed by atoms with E-state index in [0.29, 0.717) is 16.3 Å². The summed E-state index contributed by atoms with van der Waals surface area (Å²) in [6.07, 6.45) is 0. The number of sulfonamides is 1. The number of halogens is 1. The van der Waals surface area contributed by atoms with Crippen LogP contribution in [-0.2, 0) is 21.4 Å². The number of hydrogen-bond donors (Lipinski definition) is 2. The first-order valence-electron chi connectivity index (χ1n) is 10.6. The number of benzene rings is 3. The number of amides is 1. The fourth-order valence-electron chi connectivity index (χ4n) is 4.10. The molecule has 176 valence electrons. The minimum atomic E-state index is -3.78. The van der Waals surface area contributed by atoms with Gasteiger partial charge in [-0.2, -0.15) is 0 Å². The van der Waals surface area contributed by atoms with Crippen molar-refractivity contribution in [3.63, 3.8) is 0 Å². The van der Waals surface area contributed by atoms with Gasteiger partial charge in [0, 0.05) is 22.8 Å². The van der Waals surface area contributed by atoms with E-state index in [2.05, 4.69) is 4.72 Å². The van der Waals surface area contributed by atoms with Crippen LogP contribution in [0.15, 0.2) is 71.6 Å². The van der Waals surface area contributed by atoms with Gasteiger partial charge in [0.05, 0.1) is 4.90 Å². The lowest BCUT2D eigenvalue weighted by Gasteiger charge is -2.27. The minimum Gasteiger partial charge on any atom is -0.480 e. The molecule has 0 spiro atoms. The summed E-state index contributed by atoms with van der Waals surface area (Å²) in [4.78, 5) is 26.0. The van der Waals surface area contributed by atoms with Crippen molar-refractivity contribution in [2.45, 2.75) is 31.3 Å². The molecule has 0 saturated carbocycles. The summed E-state index contributed by atoms with van der Waals surface area (Å²) in [6, 6.07) is 17.4. The molecule has 34 heavy (non-hydrogen) atoms. The molecule has 0 radical (unpaired) electrons. The van der Waals surface area contributed by atoms with E-state index in [1.807, 2.05) is 6.07 Å². The molecule has 0 saturated heterocycles. The Kier molecular flexibility index (Phi) is 6.38. The molecule has 0 aliphatic carbocycles. The third kappa shape index (κ3) is 4.64. The fraction of sp³-hybridized carbons (Fsp3) is 0.200. The number of nitrogens with one attached hydrogen (secondary N) is 1. The zero-order valence-electron chi connectivity index (χ0n) is 18.5. The molecule has 1 aliphatic rings. The number of hydrogen-bond acceptors (Lipinski definition) is 4. The average Bonchev–Trinajstić information content (AvgIpc) is 3.09. The second-order valence-electron chi connectivity index (χ2n) is 8.47. The van der Waals surface area contributed by atoms with Crippen LogP contribution >= 0.6 is 11.6 Å². The summed E-state index contributed by atoms with van der Waals surface area (Å²) in [5.74, 6) is -1.53. The molecule has 0 aromatic heterocycles. The first kappa shape index (κ1) is 23.8. The predicted molar refractivity (Wildman–Crippen MR) is 130 cm³/mol. The summed E-state index contributed by atoms with van der Waals surface area (Å²) in [7, 11) is -3.78. The van der Waals surface area contributed by atoms with Gasteiger partial charge in [-0.25, -0.2) is 13.2 Å². The number of fused-ring (bicyclic) bond motifs is 1. The molecule has 2 N–H and O–H groups in total. The molecule has 3 aromatic rings. The van der Waals surface area contributed by atoms with Crippen LogP contribution in [0, 0.1) is 5.92 Å². The summed E-state index contributed by atoms with van der Waals surface area (Å²) >= 11 is 5.90. The standard InChI is InChI=1S/C25H23ClN2O5S/c1-15(2)23(25(30)31)28-14-18-12-17(8-11-22(18)24(28)29)16-6-9-20(10-7-16)27-34(32,33)21-5-3-4-19(26)13-21/h3-13,15,23,27H,14H2,1-2H3,(H,30,31)/t23-/m0/s1. The van der Waals surface area contributed by atoms with Gasteiger partial charge in [0.2, 0.25) is 0 Å². The van der Waals surface area contributed by atoms with E-state index < -0.39 is 22.0 Å². The van der Waals surface area contributed by atoms with Crippen LogP contribution in [-0.4, -0.2) is 36.3 Å². The molecule has 3 aromatic carbocycles. The molecule has 7 nitrogen and oxygen atoms in total. The number of nitrogens with zero attached hydrogens (tertiary/aromatic N) is 1. The Morgan fingerprint density at radius 2 is 1.71 bits per heavy atom. The van der Waals surface area contributed by atoms with Gasteiger partial charge in [-0.05, 0) is 65.1 Å². The van der Waals surface area contributed by atoms with Gasteiger partial charge in [-0.3, -0.25) is 9.52 Å². The number of anilines is 1. The van der Waals surface area contributed by atoms with Crippen LogP contribution in [0.25, 0.3) is 11.1 Å². The van der Waals surface area contributed by atoms with Crippen LogP contribution in [0.5, 0.6) is 0 Å². The average molecular weight is 499 g/mol. The van der Waals surface area contributed by atoms with Crippen molar-refractivity contribution in [2.75, 3.05) is 4.72 Å². The zero-order chi connectivity index (χ0) is 24.6. The molecule has 4 rings (SSSR count). The third-order valence-electron chi connectivity index (χ3n) is 5.73. The van der Waals surface area contributed by atoms with Gasteiger partial charge >= 0.3 is 5.97 Å². The molecule has 0 fully saturated rings. The number of aliphatic carboxylic acids is 1. The normalized spacial score (nSPS) is 14.2. The highest BCUT2D eigenvalue weighted by Gasteiger charge is 2.38. The second-order valence-corrected chi connectivity index (χ2v) is 10.6. The van der Waals surface area contributed by atoms with Gasteiger partial charge in [0.15, 0.2) is 0 Å². The summed E-state index contributed by atoms with van der Waals surface area (Å²) in [6.45, 7) is 3.79. The highest BCUT2D eigenvalue weighted by atomic mass is 35.5. The molecular weight excluding hydrogens is 476 g/mol. The lowest BCUT2D eigenvalue weighted by atomic mass is 10.0. The second kappa shape index (κ2) is 9.12.